The molecule has 1 amide bonds. The second-order valence-corrected chi connectivity index (χ2v) is 9.31. The topological polar surface area (TPSA) is 63.2 Å². The average molecular weight is 401 g/mol. The fourth-order valence-corrected chi connectivity index (χ4v) is 6.32. The van der Waals surface area contributed by atoms with Gasteiger partial charge < -0.3 is 5.32 Å². The van der Waals surface area contributed by atoms with Crippen LogP contribution in [-0.2, 0) is 14.6 Å². The Morgan fingerprint density at radius 1 is 1.15 bits per heavy atom. The molecule has 0 saturated heterocycles. The summed E-state index contributed by atoms with van der Waals surface area (Å²) in [7, 11) is -3.80. The number of sulfone groups is 1. The summed E-state index contributed by atoms with van der Waals surface area (Å²) in [5, 5.41) is 4.22. The van der Waals surface area contributed by atoms with Crippen LogP contribution in [0.2, 0.25) is 0 Å². The summed E-state index contributed by atoms with van der Waals surface area (Å²) >= 11 is 1.23. The van der Waals surface area contributed by atoms with Crippen LogP contribution in [0.5, 0.6) is 0 Å². The molecule has 2 heterocycles. The van der Waals surface area contributed by atoms with Gasteiger partial charge in [-0.05, 0) is 36.2 Å². The molecule has 1 aliphatic heterocycles. The number of carbonyl (C=O) groups is 1. The number of halogens is 1. The van der Waals surface area contributed by atoms with Crippen molar-refractivity contribution in [3.8, 4) is 0 Å². The molecule has 0 bridgehead atoms. The van der Waals surface area contributed by atoms with Crippen LogP contribution in [0.25, 0.3) is 0 Å². The van der Waals surface area contributed by atoms with Crippen LogP contribution in [0.4, 0.5) is 10.1 Å². The lowest BCUT2D eigenvalue weighted by Crippen LogP contribution is -2.24. The van der Waals surface area contributed by atoms with Gasteiger partial charge in [-0.2, -0.15) is 0 Å². The molecule has 1 aromatic heterocycles. The Balaban J connectivity index is 1.86. The van der Waals surface area contributed by atoms with Crippen molar-refractivity contribution in [3.63, 3.8) is 0 Å². The summed E-state index contributed by atoms with van der Waals surface area (Å²) in [4.78, 5) is 13.2. The number of hydrogen-bond donors (Lipinski definition) is 1. The van der Waals surface area contributed by atoms with E-state index < -0.39 is 21.6 Å². The van der Waals surface area contributed by atoms with Gasteiger partial charge in [0, 0.05) is 22.6 Å². The molecule has 0 unspecified atom stereocenters. The van der Waals surface area contributed by atoms with Crippen molar-refractivity contribution in [2.75, 3.05) is 5.32 Å². The first-order valence-electron chi connectivity index (χ1n) is 8.35. The Kier molecular flexibility index (Phi) is 4.36. The molecular weight excluding hydrogens is 385 g/mol. The van der Waals surface area contributed by atoms with E-state index >= 15 is 0 Å². The Labute approximate surface area is 160 Å². The van der Waals surface area contributed by atoms with E-state index in [0.29, 0.717) is 10.4 Å². The maximum Gasteiger partial charge on any atom is 0.225 e. The zero-order valence-corrected chi connectivity index (χ0v) is 16.0. The molecule has 0 radical (unpaired) electrons. The molecule has 2 aromatic carbocycles. The standard InChI is InChI=1S/C20H16FNO3S2/c1-12-5-4-6-13(9-12)27(24,25)17-11-26-20-15(10-18(23)22-19(17)20)14-7-2-3-8-16(14)21/h2-9,11,15H,10H2,1H3,(H,22,23)/t15-/m1/s1. The number of aryl methyl sites for hydroxylation is 1. The molecule has 0 aliphatic carbocycles. The maximum absolute atomic E-state index is 14.3. The van der Waals surface area contributed by atoms with Crippen molar-refractivity contribution >= 4 is 32.8 Å². The quantitative estimate of drug-likeness (QED) is 0.703. The number of rotatable bonds is 3. The second-order valence-electron chi connectivity index (χ2n) is 6.49. The number of nitrogens with one attached hydrogen (secondary N) is 1. The summed E-state index contributed by atoms with van der Waals surface area (Å²) < 4.78 is 40.5. The minimum Gasteiger partial charge on any atom is -0.324 e. The Hall–Kier alpha value is -2.51. The average Bonchev–Trinajstić information content (AvgIpc) is 3.06. The fourth-order valence-electron chi connectivity index (χ4n) is 3.32. The molecule has 0 spiro atoms. The highest BCUT2D eigenvalue weighted by atomic mass is 32.2. The molecule has 4 nitrogen and oxygen atoms in total. The third kappa shape index (κ3) is 3.07. The molecule has 7 heteroatoms. The largest absolute Gasteiger partial charge is 0.324 e. The molecule has 138 valence electrons. The smallest absolute Gasteiger partial charge is 0.225 e. The van der Waals surface area contributed by atoms with Gasteiger partial charge in [0.1, 0.15) is 10.7 Å². The first kappa shape index (κ1) is 17.9. The summed E-state index contributed by atoms with van der Waals surface area (Å²) in [6.45, 7) is 1.82. The second kappa shape index (κ2) is 6.58. The molecule has 1 atom stereocenters. The van der Waals surface area contributed by atoms with Gasteiger partial charge in [-0.15, -0.1) is 11.3 Å². The van der Waals surface area contributed by atoms with Gasteiger partial charge in [0.25, 0.3) is 0 Å². The predicted octanol–water partition coefficient (Wildman–Crippen LogP) is 4.50. The molecular formula is C20H16FNO3S2. The van der Waals surface area contributed by atoms with Crippen molar-refractivity contribution in [2.24, 2.45) is 0 Å². The van der Waals surface area contributed by atoms with Gasteiger partial charge in [0.15, 0.2) is 0 Å². The molecule has 4 rings (SSSR count). The number of hydrogen-bond acceptors (Lipinski definition) is 4. The maximum atomic E-state index is 14.3. The fraction of sp³-hybridized carbons (Fsp3) is 0.150. The normalized spacial score (nSPS) is 16.7. The minimum absolute atomic E-state index is 0.0579. The Morgan fingerprint density at radius 3 is 2.67 bits per heavy atom. The summed E-state index contributed by atoms with van der Waals surface area (Å²) in [5.74, 6) is -1.23. The number of thiophene rings is 1. The SMILES string of the molecule is Cc1cccc(S(=O)(=O)c2csc3c2NC(=O)C[C@@H]3c2ccccc2F)c1. The van der Waals surface area contributed by atoms with E-state index in [1.807, 2.05) is 13.0 Å². The zero-order valence-electron chi connectivity index (χ0n) is 14.4. The van der Waals surface area contributed by atoms with Crippen molar-refractivity contribution in [3.05, 3.63) is 75.7 Å². The molecule has 1 aliphatic rings. The molecule has 27 heavy (non-hydrogen) atoms. The zero-order chi connectivity index (χ0) is 19.2. The third-order valence-electron chi connectivity index (χ3n) is 4.63. The van der Waals surface area contributed by atoms with Gasteiger partial charge in [-0.25, -0.2) is 12.8 Å². The molecule has 0 saturated carbocycles. The van der Waals surface area contributed by atoms with Gasteiger partial charge in [0.05, 0.1) is 10.6 Å². The van der Waals surface area contributed by atoms with E-state index in [0.717, 1.165) is 5.56 Å². The van der Waals surface area contributed by atoms with Gasteiger partial charge >= 0.3 is 0 Å². The lowest BCUT2D eigenvalue weighted by Gasteiger charge is -2.24. The lowest BCUT2D eigenvalue weighted by atomic mass is 9.90. The number of benzene rings is 2. The number of amides is 1. The summed E-state index contributed by atoms with van der Waals surface area (Å²) in [5.41, 5.74) is 1.49. The summed E-state index contributed by atoms with van der Waals surface area (Å²) in [6.07, 6.45) is 0.0817. The van der Waals surface area contributed by atoms with E-state index in [2.05, 4.69) is 5.32 Å². The molecule has 0 fully saturated rings. The van der Waals surface area contributed by atoms with E-state index in [-0.39, 0.29) is 27.8 Å². The van der Waals surface area contributed by atoms with Crippen molar-refractivity contribution < 1.29 is 17.6 Å². The van der Waals surface area contributed by atoms with Crippen LogP contribution < -0.4 is 5.32 Å². The number of anilines is 1. The van der Waals surface area contributed by atoms with E-state index in [4.69, 9.17) is 0 Å². The van der Waals surface area contributed by atoms with Crippen LogP contribution in [0.1, 0.15) is 28.3 Å². The third-order valence-corrected chi connectivity index (χ3v) is 7.65. The monoisotopic (exact) mass is 401 g/mol. The summed E-state index contributed by atoms with van der Waals surface area (Å²) in [6, 6.07) is 12.9. The molecule has 3 aromatic rings. The van der Waals surface area contributed by atoms with Crippen molar-refractivity contribution in [2.45, 2.75) is 29.1 Å². The molecule has 1 N–H and O–H groups in total. The van der Waals surface area contributed by atoms with Crippen LogP contribution in [0.15, 0.2) is 63.7 Å². The Bertz CT molecular complexity index is 1150. The predicted molar refractivity (Wildman–Crippen MR) is 102 cm³/mol. The first-order chi connectivity index (χ1) is 12.9. The highest BCUT2D eigenvalue weighted by molar-refractivity contribution is 7.91. The van der Waals surface area contributed by atoms with E-state index in [9.17, 15) is 17.6 Å². The number of carbonyl (C=O) groups excluding carboxylic acids is 1. The van der Waals surface area contributed by atoms with Gasteiger partial charge in [-0.3, -0.25) is 4.79 Å². The minimum atomic E-state index is -3.80. The lowest BCUT2D eigenvalue weighted by molar-refractivity contribution is -0.116. The van der Waals surface area contributed by atoms with Gasteiger partial charge in [-0.1, -0.05) is 30.3 Å². The van der Waals surface area contributed by atoms with Crippen LogP contribution in [0.3, 0.4) is 0 Å². The highest BCUT2D eigenvalue weighted by Gasteiger charge is 2.35. The van der Waals surface area contributed by atoms with Crippen molar-refractivity contribution in [1.29, 1.82) is 0 Å². The van der Waals surface area contributed by atoms with Crippen molar-refractivity contribution in [1.82, 2.24) is 0 Å². The number of fused-ring (bicyclic) bond motifs is 1. The van der Waals surface area contributed by atoms with E-state index in [1.54, 1.807) is 30.3 Å². The van der Waals surface area contributed by atoms with Crippen LogP contribution in [0, 0.1) is 12.7 Å². The van der Waals surface area contributed by atoms with E-state index in [1.165, 1.54) is 28.8 Å². The highest BCUT2D eigenvalue weighted by Crippen LogP contribution is 2.46. The Morgan fingerprint density at radius 2 is 1.93 bits per heavy atom. The van der Waals surface area contributed by atoms with Crippen LogP contribution >= 0.6 is 11.3 Å². The van der Waals surface area contributed by atoms with Gasteiger partial charge in [0.2, 0.25) is 15.7 Å². The first-order valence-corrected chi connectivity index (χ1v) is 10.7. The van der Waals surface area contributed by atoms with Crippen LogP contribution in [-0.4, -0.2) is 14.3 Å².